The van der Waals surface area contributed by atoms with Gasteiger partial charge in [0.25, 0.3) is 0 Å². The van der Waals surface area contributed by atoms with Crippen molar-refractivity contribution in [3.05, 3.63) is 48.6 Å². The van der Waals surface area contributed by atoms with Crippen LogP contribution in [0.4, 0.5) is 0 Å². The Hall–Kier alpha value is -2.63. The lowest BCUT2D eigenvalue weighted by Crippen LogP contribution is -2.30. The van der Waals surface area contributed by atoms with Gasteiger partial charge in [-0.3, -0.25) is 14.4 Å². The van der Waals surface area contributed by atoms with Crippen LogP contribution in [0.25, 0.3) is 0 Å². The molecule has 0 saturated carbocycles. The van der Waals surface area contributed by atoms with Crippen molar-refractivity contribution in [1.29, 1.82) is 0 Å². The van der Waals surface area contributed by atoms with Crippen molar-refractivity contribution in [3.63, 3.8) is 0 Å². The minimum absolute atomic E-state index is 0.0846. The molecule has 6 nitrogen and oxygen atoms in total. The van der Waals surface area contributed by atoms with Gasteiger partial charge in [-0.05, 0) is 57.8 Å². The van der Waals surface area contributed by atoms with Crippen molar-refractivity contribution in [2.75, 3.05) is 13.2 Å². The molecule has 0 rings (SSSR count). The Balaban J connectivity index is 4.41. The van der Waals surface area contributed by atoms with Gasteiger partial charge < -0.3 is 14.2 Å². The number of esters is 3. The van der Waals surface area contributed by atoms with Gasteiger partial charge in [0.15, 0.2) is 6.10 Å². The summed E-state index contributed by atoms with van der Waals surface area (Å²) < 4.78 is 16.6. The van der Waals surface area contributed by atoms with Crippen LogP contribution in [0.15, 0.2) is 48.6 Å². The highest BCUT2D eigenvalue weighted by Crippen LogP contribution is 2.13. The van der Waals surface area contributed by atoms with Gasteiger partial charge in [0.05, 0.1) is 0 Å². The lowest BCUT2D eigenvalue weighted by molar-refractivity contribution is -0.167. The summed E-state index contributed by atoms with van der Waals surface area (Å²) in [6.07, 6.45) is 45.3. The number of carbonyl (C=O) groups is 3. The Morgan fingerprint density at radius 3 is 1.20 bits per heavy atom. The zero-order valence-electron chi connectivity index (χ0n) is 33.4. The van der Waals surface area contributed by atoms with Gasteiger partial charge in [0.1, 0.15) is 13.2 Å². The molecule has 0 bridgehead atoms. The van der Waals surface area contributed by atoms with Crippen molar-refractivity contribution in [1.82, 2.24) is 0 Å². The number of hydrogen-bond acceptors (Lipinski definition) is 6. The molecule has 0 aliphatic heterocycles. The molecule has 0 aromatic heterocycles. The Bertz CT molecular complexity index is 918. The molecule has 0 aliphatic carbocycles. The van der Waals surface area contributed by atoms with E-state index in [0.29, 0.717) is 19.3 Å². The summed E-state index contributed by atoms with van der Waals surface area (Å²) >= 11 is 0. The van der Waals surface area contributed by atoms with E-state index in [0.717, 1.165) is 83.5 Å². The predicted octanol–water partition coefficient (Wildman–Crippen LogP) is 13.2. The zero-order chi connectivity index (χ0) is 37.3. The SMILES string of the molecule is CC/C=C\C/C=C\C/C=C\C/C=C\CCCCC(=O)OCC(COC(=O)CCCCCCCCCC)OC(=O)CCCCCCCCCCCC. The molecule has 51 heavy (non-hydrogen) atoms. The molecule has 0 amide bonds. The maximum absolute atomic E-state index is 12.6. The summed E-state index contributed by atoms with van der Waals surface area (Å²) in [6.45, 7) is 6.42. The third-order valence-corrected chi connectivity index (χ3v) is 8.85. The van der Waals surface area contributed by atoms with E-state index in [1.807, 2.05) is 0 Å². The van der Waals surface area contributed by atoms with Gasteiger partial charge in [-0.1, -0.05) is 172 Å². The molecule has 1 atom stereocenters. The van der Waals surface area contributed by atoms with Gasteiger partial charge in [-0.25, -0.2) is 0 Å². The summed E-state index contributed by atoms with van der Waals surface area (Å²) in [5.74, 6) is -0.937. The van der Waals surface area contributed by atoms with Gasteiger partial charge >= 0.3 is 17.9 Å². The van der Waals surface area contributed by atoms with Crippen molar-refractivity contribution in [2.45, 2.75) is 207 Å². The molecule has 1 unspecified atom stereocenters. The van der Waals surface area contributed by atoms with Gasteiger partial charge in [-0.15, -0.1) is 0 Å². The van der Waals surface area contributed by atoms with Gasteiger partial charge in [-0.2, -0.15) is 0 Å². The first kappa shape index (κ1) is 48.4. The zero-order valence-corrected chi connectivity index (χ0v) is 33.4. The van der Waals surface area contributed by atoms with Crippen molar-refractivity contribution < 1.29 is 28.6 Å². The molecule has 0 heterocycles. The molecular formula is C45H78O6. The summed E-state index contributed by atoms with van der Waals surface area (Å²) in [4.78, 5) is 37.5. The van der Waals surface area contributed by atoms with E-state index < -0.39 is 6.10 Å². The summed E-state index contributed by atoms with van der Waals surface area (Å²) in [5, 5.41) is 0. The molecule has 0 aliphatic rings. The second-order valence-electron chi connectivity index (χ2n) is 13.9. The normalized spacial score (nSPS) is 12.5. The van der Waals surface area contributed by atoms with E-state index in [4.69, 9.17) is 14.2 Å². The minimum Gasteiger partial charge on any atom is -0.462 e. The maximum atomic E-state index is 12.6. The van der Waals surface area contributed by atoms with E-state index in [1.54, 1.807) is 0 Å². The molecule has 0 N–H and O–H groups in total. The van der Waals surface area contributed by atoms with Crippen LogP contribution in [0, 0.1) is 0 Å². The number of allylic oxidation sites excluding steroid dienone is 8. The molecule has 0 spiro atoms. The average molecular weight is 715 g/mol. The van der Waals surface area contributed by atoms with Crippen LogP contribution >= 0.6 is 0 Å². The second kappa shape index (κ2) is 40.1. The second-order valence-corrected chi connectivity index (χ2v) is 13.9. The van der Waals surface area contributed by atoms with E-state index in [2.05, 4.69) is 69.4 Å². The summed E-state index contributed by atoms with van der Waals surface area (Å²) in [6, 6.07) is 0. The first-order valence-electron chi connectivity index (χ1n) is 21.1. The minimum atomic E-state index is -0.781. The quantitative estimate of drug-likeness (QED) is 0.0276. The van der Waals surface area contributed by atoms with Crippen molar-refractivity contribution in [3.8, 4) is 0 Å². The lowest BCUT2D eigenvalue weighted by atomic mass is 10.1. The summed E-state index contributed by atoms with van der Waals surface area (Å²) in [7, 11) is 0. The standard InChI is InChI=1S/C45H78O6/c1-4-7-10-13-16-19-21-22-23-24-25-27-29-32-35-38-44(47)50-41-42(40-49-43(46)37-34-31-28-18-15-12-9-6-3)51-45(48)39-36-33-30-26-20-17-14-11-8-5-2/h7,10,16,19,22-23,25,27,42H,4-6,8-9,11-15,17-18,20-21,24,26,28-41H2,1-3H3/b10-7-,19-16-,23-22-,27-25-. The monoisotopic (exact) mass is 715 g/mol. The number of unbranched alkanes of at least 4 members (excludes halogenated alkanes) is 18. The van der Waals surface area contributed by atoms with Crippen molar-refractivity contribution in [2.24, 2.45) is 0 Å². The highest BCUT2D eigenvalue weighted by Gasteiger charge is 2.19. The van der Waals surface area contributed by atoms with Crippen LogP contribution in [-0.4, -0.2) is 37.2 Å². The Morgan fingerprint density at radius 1 is 0.412 bits per heavy atom. The lowest BCUT2D eigenvalue weighted by Gasteiger charge is -2.18. The molecule has 0 saturated heterocycles. The largest absolute Gasteiger partial charge is 0.462 e. The van der Waals surface area contributed by atoms with Gasteiger partial charge in [0, 0.05) is 19.3 Å². The smallest absolute Gasteiger partial charge is 0.306 e. The topological polar surface area (TPSA) is 78.9 Å². The first-order valence-corrected chi connectivity index (χ1v) is 21.1. The molecular weight excluding hydrogens is 636 g/mol. The van der Waals surface area contributed by atoms with E-state index in [-0.39, 0.29) is 31.1 Å². The molecule has 294 valence electrons. The Morgan fingerprint density at radius 2 is 0.765 bits per heavy atom. The highest BCUT2D eigenvalue weighted by molar-refractivity contribution is 5.71. The molecule has 0 radical (unpaired) electrons. The fourth-order valence-corrected chi connectivity index (χ4v) is 5.67. The van der Waals surface area contributed by atoms with Crippen LogP contribution < -0.4 is 0 Å². The Kier molecular flexibility index (Phi) is 38.1. The molecule has 0 aromatic carbocycles. The van der Waals surface area contributed by atoms with Crippen LogP contribution in [-0.2, 0) is 28.6 Å². The third-order valence-electron chi connectivity index (χ3n) is 8.85. The molecule has 0 fully saturated rings. The summed E-state index contributed by atoms with van der Waals surface area (Å²) in [5.41, 5.74) is 0. The Labute approximate surface area is 314 Å². The van der Waals surface area contributed by atoms with Crippen molar-refractivity contribution >= 4 is 17.9 Å². The van der Waals surface area contributed by atoms with Gasteiger partial charge in [0.2, 0.25) is 0 Å². The number of hydrogen-bond donors (Lipinski definition) is 0. The van der Waals surface area contributed by atoms with E-state index >= 15 is 0 Å². The predicted molar refractivity (Wildman–Crippen MR) is 215 cm³/mol. The fourth-order valence-electron chi connectivity index (χ4n) is 5.67. The third kappa shape index (κ3) is 38.4. The van der Waals surface area contributed by atoms with E-state index in [1.165, 1.54) is 77.0 Å². The number of rotatable bonds is 37. The van der Waals surface area contributed by atoms with Crippen LogP contribution in [0.5, 0.6) is 0 Å². The van der Waals surface area contributed by atoms with Crippen LogP contribution in [0.1, 0.15) is 201 Å². The number of carbonyl (C=O) groups excluding carboxylic acids is 3. The van der Waals surface area contributed by atoms with E-state index in [9.17, 15) is 14.4 Å². The van der Waals surface area contributed by atoms with Crippen LogP contribution in [0.3, 0.4) is 0 Å². The first-order chi connectivity index (χ1) is 25.0. The van der Waals surface area contributed by atoms with Crippen LogP contribution in [0.2, 0.25) is 0 Å². The molecule has 6 heteroatoms. The maximum Gasteiger partial charge on any atom is 0.306 e. The fraction of sp³-hybridized carbons (Fsp3) is 0.756. The average Bonchev–Trinajstić information content (AvgIpc) is 3.12. The number of ether oxygens (including phenoxy) is 3. The highest BCUT2D eigenvalue weighted by atomic mass is 16.6. The molecule has 0 aromatic rings.